The van der Waals surface area contributed by atoms with Gasteiger partial charge in [-0.05, 0) is 31.4 Å². The van der Waals surface area contributed by atoms with E-state index in [0.717, 1.165) is 18.4 Å². The Bertz CT molecular complexity index is 492. The SMILES string of the molecule is CC1CCC(C(N)=O)CN1Cc1ccc(CN)cc1F. The van der Waals surface area contributed by atoms with Crippen molar-refractivity contribution >= 4 is 5.91 Å². The molecule has 20 heavy (non-hydrogen) atoms. The highest BCUT2D eigenvalue weighted by atomic mass is 19.1. The highest BCUT2D eigenvalue weighted by Crippen LogP contribution is 2.24. The summed E-state index contributed by atoms with van der Waals surface area (Å²) in [5, 5.41) is 0. The number of piperidine rings is 1. The van der Waals surface area contributed by atoms with Gasteiger partial charge in [0.15, 0.2) is 0 Å². The van der Waals surface area contributed by atoms with Crippen LogP contribution in [-0.4, -0.2) is 23.4 Å². The van der Waals surface area contributed by atoms with E-state index in [4.69, 9.17) is 11.5 Å². The number of nitrogens with zero attached hydrogens (tertiary/aromatic N) is 1. The lowest BCUT2D eigenvalue weighted by Gasteiger charge is -2.36. The van der Waals surface area contributed by atoms with Gasteiger partial charge in [0, 0.05) is 31.2 Å². The maximum atomic E-state index is 14.0. The average molecular weight is 279 g/mol. The van der Waals surface area contributed by atoms with Gasteiger partial charge in [0.05, 0.1) is 5.92 Å². The molecule has 1 heterocycles. The molecule has 0 aliphatic carbocycles. The lowest BCUT2D eigenvalue weighted by Crippen LogP contribution is -2.45. The van der Waals surface area contributed by atoms with Gasteiger partial charge in [-0.25, -0.2) is 4.39 Å². The van der Waals surface area contributed by atoms with Crippen molar-refractivity contribution in [2.24, 2.45) is 17.4 Å². The molecule has 1 aromatic rings. The summed E-state index contributed by atoms with van der Waals surface area (Å²) in [4.78, 5) is 13.4. The molecule has 1 amide bonds. The van der Waals surface area contributed by atoms with E-state index in [1.807, 2.05) is 6.07 Å². The van der Waals surface area contributed by atoms with E-state index in [0.29, 0.717) is 31.2 Å². The summed E-state index contributed by atoms with van der Waals surface area (Å²) in [7, 11) is 0. The second kappa shape index (κ2) is 6.33. The average Bonchev–Trinajstić information content (AvgIpc) is 2.42. The van der Waals surface area contributed by atoms with E-state index in [2.05, 4.69) is 11.8 Å². The lowest BCUT2D eigenvalue weighted by atomic mass is 9.92. The van der Waals surface area contributed by atoms with Crippen molar-refractivity contribution in [3.8, 4) is 0 Å². The highest BCUT2D eigenvalue weighted by molar-refractivity contribution is 5.76. The third-order valence-electron chi connectivity index (χ3n) is 4.14. The summed E-state index contributed by atoms with van der Waals surface area (Å²) < 4.78 is 14.0. The van der Waals surface area contributed by atoms with Crippen LogP contribution in [0.1, 0.15) is 30.9 Å². The number of rotatable bonds is 4. The maximum Gasteiger partial charge on any atom is 0.221 e. The zero-order valence-corrected chi connectivity index (χ0v) is 11.8. The molecule has 1 aromatic carbocycles. The predicted molar refractivity (Wildman–Crippen MR) is 76.1 cm³/mol. The molecule has 5 heteroatoms. The second-order valence-electron chi connectivity index (χ2n) is 5.58. The van der Waals surface area contributed by atoms with Crippen LogP contribution >= 0.6 is 0 Å². The van der Waals surface area contributed by atoms with Crippen LogP contribution in [0.4, 0.5) is 4.39 Å². The van der Waals surface area contributed by atoms with Gasteiger partial charge in [0.2, 0.25) is 5.91 Å². The summed E-state index contributed by atoms with van der Waals surface area (Å²) in [5.74, 6) is -0.625. The first-order chi connectivity index (χ1) is 9.51. The number of likely N-dealkylation sites (tertiary alicyclic amines) is 1. The van der Waals surface area contributed by atoms with E-state index in [-0.39, 0.29) is 17.6 Å². The Kier molecular flexibility index (Phi) is 4.73. The van der Waals surface area contributed by atoms with Crippen LogP contribution < -0.4 is 11.5 Å². The largest absolute Gasteiger partial charge is 0.369 e. The van der Waals surface area contributed by atoms with Crippen molar-refractivity contribution in [1.82, 2.24) is 4.90 Å². The van der Waals surface area contributed by atoms with E-state index >= 15 is 0 Å². The minimum Gasteiger partial charge on any atom is -0.369 e. The normalized spacial score (nSPS) is 23.8. The minimum absolute atomic E-state index is 0.127. The van der Waals surface area contributed by atoms with Crippen LogP contribution in [0.25, 0.3) is 0 Å². The van der Waals surface area contributed by atoms with Crippen molar-refractivity contribution in [3.63, 3.8) is 0 Å². The molecule has 0 saturated carbocycles. The molecule has 0 bridgehead atoms. The number of hydrogen-bond acceptors (Lipinski definition) is 3. The Morgan fingerprint density at radius 3 is 2.80 bits per heavy atom. The number of nitrogens with two attached hydrogens (primary N) is 2. The quantitative estimate of drug-likeness (QED) is 0.874. The molecule has 2 atom stereocenters. The monoisotopic (exact) mass is 279 g/mol. The smallest absolute Gasteiger partial charge is 0.221 e. The molecule has 0 aromatic heterocycles. The Balaban J connectivity index is 2.09. The fraction of sp³-hybridized carbons (Fsp3) is 0.533. The third kappa shape index (κ3) is 3.35. The third-order valence-corrected chi connectivity index (χ3v) is 4.14. The van der Waals surface area contributed by atoms with Gasteiger partial charge >= 0.3 is 0 Å². The second-order valence-corrected chi connectivity index (χ2v) is 5.58. The van der Waals surface area contributed by atoms with E-state index in [1.54, 1.807) is 6.07 Å². The van der Waals surface area contributed by atoms with Gasteiger partial charge in [0.1, 0.15) is 5.82 Å². The summed E-state index contributed by atoms with van der Waals surface area (Å²) in [5.41, 5.74) is 12.3. The summed E-state index contributed by atoms with van der Waals surface area (Å²) in [6.07, 6.45) is 1.73. The Hall–Kier alpha value is -1.46. The molecule has 1 aliphatic rings. The maximum absolute atomic E-state index is 14.0. The highest BCUT2D eigenvalue weighted by Gasteiger charge is 2.28. The van der Waals surface area contributed by atoms with Crippen LogP contribution in [0, 0.1) is 11.7 Å². The van der Waals surface area contributed by atoms with Crippen LogP contribution in [0.5, 0.6) is 0 Å². The molecule has 1 fully saturated rings. The topological polar surface area (TPSA) is 72.4 Å². The predicted octanol–water partition coefficient (Wildman–Crippen LogP) is 1.37. The van der Waals surface area contributed by atoms with Crippen molar-refractivity contribution in [1.29, 1.82) is 0 Å². The van der Waals surface area contributed by atoms with Crippen LogP contribution in [0.2, 0.25) is 0 Å². The molecule has 1 aliphatic heterocycles. The first-order valence-corrected chi connectivity index (χ1v) is 7.02. The van der Waals surface area contributed by atoms with Gasteiger partial charge in [-0.2, -0.15) is 0 Å². The van der Waals surface area contributed by atoms with Crippen LogP contribution in [0.15, 0.2) is 18.2 Å². The van der Waals surface area contributed by atoms with Gasteiger partial charge in [-0.1, -0.05) is 12.1 Å². The van der Waals surface area contributed by atoms with Gasteiger partial charge < -0.3 is 11.5 Å². The molecular weight excluding hydrogens is 257 g/mol. The fourth-order valence-electron chi connectivity index (χ4n) is 2.70. The lowest BCUT2D eigenvalue weighted by molar-refractivity contribution is -0.124. The first kappa shape index (κ1) is 14.9. The first-order valence-electron chi connectivity index (χ1n) is 7.02. The van der Waals surface area contributed by atoms with E-state index < -0.39 is 0 Å². The number of hydrogen-bond donors (Lipinski definition) is 2. The zero-order valence-electron chi connectivity index (χ0n) is 11.8. The number of carbonyl (C=O) groups excluding carboxylic acids is 1. The Morgan fingerprint density at radius 2 is 2.20 bits per heavy atom. The van der Waals surface area contributed by atoms with Gasteiger partial charge in [-0.15, -0.1) is 0 Å². The minimum atomic E-state index is -0.263. The molecule has 4 N–H and O–H groups in total. The summed E-state index contributed by atoms with van der Waals surface area (Å²) in [6.45, 7) is 3.54. The van der Waals surface area contributed by atoms with Crippen molar-refractivity contribution in [2.75, 3.05) is 6.54 Å². The fourth-order valence-corrected chi connectivity index (χ4v) is 2.70. The molecule has 4 nitrogen and oxygen atoms in total. The number of amides is 1. The van der Waals surface area contributed by atoms with Gasteiger partial charge in [-0.3, -0.25) is 9.69 Å². The van der Waals surface area contributed by atoms with Crippen molar-refractivity contribution in [3.05, 3.63) is 35.1 Å². The number of carbonyl (C=O) groups is 1. The molecule has 1 saturated heterocycles. The Morgan fingerprint density at radius 1 is 1.45 bits per heavy atom. The zero-order chi connectivity index (χ0) is 14.7. The van der Waals surface area contributed by atoms with Gasteiger partial charge in [0.25, 0.3) is 0 Å². The Labute approximate surface area is 118 Å². The summed E-state index contributed by atoms with van der Waals surface area (Å²) >= 11 is 0. The van der Waals surface area contributed by atoms with E-state index in [1.165, 1.54) is 6.07 Å². The standard InChI is InChI=1S/C15H22FN3O/c1-10-2-4-13(15(18)20)9-19(10)8-12-5-3-11(7-17)6-14(12)16/h3,5-6,10,13H,2,4,7-9,17H2,1H3,(H2,18,20). The van der Waals surface area contributed by atoms with Crippen LogP contribution in [-0.2, 0) is 17.9 Å². The van der Waals surface area contributed by atoms with Crippen molar-refractivity contribution < 1.29 is 9.18 Å². The molecule has 2 unspecified atom stereocenters. The molecule has 0 spiro atoms. The molecule has 2 rings (SSSR count). The summed E-state index contributed by atoms with van der Waals surface area (Å²) in [6, 6.07) is 5.44. The molecular formula is C15H22FN3O. The van der Waals surface area contributed by atoms with E-state index in [9.17, 15) is 9.18 Å². The molecule has 110 valence electrons. The van der Waals surface area contributed by atoms with Crippen molar-refractivity contribution in [2.45, 2.75) is 38.9 Å². The number of halogens is 1. The van der Waals surface area contributed by atoms with Crippen LogP contribution in [0.3, 0.4) is 0 Å². The molecule has 0 radical (unpaired) electrons. The number of primary amides is 1. The number of benzene rings is 1.